The van der Waals surface area contributed by atoms with E-state index in [4.69, 9.17) is 4.74 Å². The molecule has 0 bridgehead atoms. The first-order chi connectivity index (χ1) is 12.7. The Morgan fingerprint density at radius 2 is 1.88 bits per heavy atom. The third-order valence-electron chi connectivity index (χ3n) is 5.02. The number of benzene rings is 1. The molecule has 2 amide bonds. The van der Waals surface area contributed by atoms with Gasteiger partial charge in [-0.2, -0.15) is 0 Å². The van der Waals surface area contributed by atoms with Crippen LogP contribution in [-0.2, 0) is 16.1 Å². The van der Waals surface area contributed by atoms with Crippen molar-refractivity contribution in [1.29, 1.82) is 0 Å². The number of likely N-dealkylation sites (tertiary alicyclic amines) is 1. The Morgan fingerprint density at radius 1 is 1.12 bits per heavy atom. The number of pyridine rings is 1. The standard InChI is InChI=1S/C20H21N3O3/c24-19-8-11-26-18-14-22(20(25)16-6-9-21-10-7-16)13-17(18)23(19)12-15-4-2-1-3-5-15/h1-7,9-10,17-18H,8,11-14H2/t17-,18-/m0/s1. The molecule has 0 unspecified atom stereocenters. The fraction of sp³-hybridized carbons (Fsp3) is 0.350. The largest absolute Gasteiger partial charge is 0.374 e. The van der Waals surface area contributed by atoms with E-state index >= 15 is 0 Å². The van der Waals surface area contributed by atoms with Crippen molar-refractivity contribution in [3.8, 4) is 0 Å². The molecule has 2 aliphatic heterocycles. The molecule has 6 heteroatoms. The van der Waals surface area contributed by atoms with Gasteiger partial charge in [0.05, 0.1) is 25.2 Å². The van der Waals surface area contributed by atoms with E-state index in [0.717, 1.165) is 5.56 Å². The molecule has 2 saturated heterocycles. The number of carbonyl (C=O) groups excluding carboxylic acids is 2. The van der Waals surface area contributed by atoms with Gasteiger partial charge in [-0.1, -0.05) is 30.3 Å². The summed E-state index contributed by atoms with van der Waals surface area (Å²) in [5.41, 5.74) is 1.69. The van der Waals surface area contributed by atoms with Gasteiger partial charge < -0.3 is 14.5 Å². The summed E-state index contributed by atoms with van der Waals surface area (Å²) in [7, 11) is 0. The molecule has 4 rings (SSSR count). The van der Waals surface area contributed by atoms with Crippen molar-refractivity contribution in [2.24, 2.45) is 0 Å². The molecular weight excluding hydrogens is 330 g/mol. The fourth-order valence-electron chi connectivity index (χ4n) is 3.67. The molecular formula is C20H21N3O3. The number of hydrogen-bond acceptors (Lipinski definition) is 4. The van der Waals surface area contributed by atoms with Gasteiger partial charge in [-0.3, -0.25) is 14.6 Å². The zero-order chi connectivity index (χ0) is 17.9. The number of hydrogen-bond donors (Lipinski definition) is 0. The average molecular weight is 351 g/mol. The molecule has 2 aromatic rings. The summed E-state index contributed by atoms with van der Waals surface area (Å²) in [6.45, 7) is 1.94. The van der Waals surface area contributed by atoms with Crippen molar-refractivity contribution in [2.75, 3.05) is 19.7 Å². The van der Waals surface area contributed by atoms with Crippen molar-refractivity contribution in [2.45, 2.75) is 25.1 Å². The van der Waals surface area contributed by atoms with Gasteiger partial charge in [0.1, 0.15) is 0 Å². The van der Waals surface area contributed by atoms with Gasteiger partial charge in [0.15, 0.2) is 0 Å². The molecule has 1 aromatic carbocycles. The molecule has 2 aliphatic rings. The second kappa shape index (κ2) is 7.25. The van der Waals surface area contributed by atoms with Crippen molar-refractivity contribution in [3.63, 3.8) is 0 Å². The molecule has 134 valence electrons. The van der Waals surface area contributed by atoms with Crippen LogP contribution < -0.4 is 0 Å². The van der Waals surface area contributed by atoms with Gasteiger partial charge in [0, 0.05) is 37.6 Å². The Hall–Kier alpha value is -2.73. The summed E-state index contributed by atoms with van der Waals surface area (Å²) in [6.07, 6.45) is 3.47. The van der Waals surface area contributed by atoms with Crippen molar-refractivity contribution in [1.82, 2.24) is 14.8 Å². The molecule has 0 aliphatic carbocycles. The Labute approximate surface area is 152 Å². The molecule has 6 nitrogen and oxygen atoms in total. The van der Waals surface area contributed by atoms with Gasteiger partial charge in [0.25, 0.3) is 5.91 Å². The smallest absolute Gasteiger partial charge is 0.254 e. The summed E-state index contributed by atoms with van der Waals surface area (Å²) in [6, 6.07) is 13.2. The van der Waals surface area contributed by atoms with Crippen LogP contribution in [0.3, 0.4) is 0 Å². The Balaban J connectivity index is 1.54. The lowest BCUT2D eigenvalue weighted by molar-refractivity contribution is -0.133. The number of amides is 2. The van der Waals surface area contributed by atoms with Crippen LogP contribution in [0.5, 0.6) is 0 Å². The van der Waals surface area contributed by atoms with Crippen molar-refractivity contribution in [3.05, 3.63) is 66.0 Å². The summed E-state index contributed by atoms with van der Waals surface area (Å²) in [5.74, 6) is 0.0377. The SMILES string of the molecule is O=C(c1ccncc1)N1C[C@@H]2OCCC(=O)N(Cc3ccccc3)[C@H]2C1. The fourth-order valence-corrected chi connectivity index (χ4v) is 3.67. The average Bonchev–Trinajstić information content (AvgIpc) is 3.05. The van der Waals surface area contributed by atoms with Crippen LogP contribution in [0.4, 0.5) is 0 Å². The third kappa shape index (κ3) is 3.32. The number of aromatic nitrogens is 1. The molecule has 0 N–H and O–H groups in total. The zero-order valence-corrected chi connectivity index (χ0v) is 14.5. The maximum Gasteiger partial charge on any atom is 0.254 e. The highest BCUT2D eigenvalue weighted by Gasteiger charge is 2.42. The summed E-state index contributed by atoms with van der Waals surface area (Å²) in [4.78, 5) is 33.0. The highest BCUT2D eigenvalue weighted by molar-refractivity contribution is 5.94. The Morgan fingerprint density at radius 3 is 2.65 bits per heavy atom. The van der Waals surface area contributed by atoms with Crippen LogP contribution in [0.1, 0.15) is 22.3 Å². The van der Waals surface area contributed by atoms with Crippen LogP contribution >= 0.6 is 0 Å². The lowest BCUT2D eigenvalue weighted by atomic mass is 10.1. The van der Waals surface area contributed by atoms with E-state index in [2.05, 4.69) is 4.98 Å². The van der Waals surface area contributed by atoms with E-state index in [1.54, 1.807) is 29.4 Å². The summed E-state index contributed by atoms with van der Waals surface area (Å²) < 4.78 is 5.91. The quantitative estimate of drug-likeness (QED) is 0.845. The molecule has 2 fully saturated rings. The second-order valence-electron chi connectivity index (χ2n) is 6.68. The van der Waals surface area contributed by atoms with Crippen LogP contribution in [0.25, 0.3) is 0 Å². The van der Waals surface area contributed by atoms with Crippen LogP contribution in [0.15, 0.2) is 54.9 Å². The van der Waals surface area contributed by atoms with Crippen LogP contribution in [0, 0.1) is 0 Å². The molecule has 2 atom stereocenters. The van der Waals surface area contributed by atoms with Gasteiger partial charge in [-0.15, -0.1) is 0 Å². The van der Waals surface area contributed by atoms with E-state index < -0.39 is 0 Å². The lowest BCUT2D eigenvalue weighted by Crippen LogP contribution is -2.45. The van der Waals surface area contributed by atoms with Crippen molar-refractivity contribution < 1.29 is 14.3 Å². The number of fused-ring (bicyclic) bond motifs is 1. The van der Waals surface area contributed by atoms with Gasteiger partial charge in [-0.05, 0) is 17.7 Å². The summed E-state index contributed by atoms with van der Waals surface area (Å²) in [5, 5.41) is 0. The monoisotopic (exact) mass is 351 g/mol. The van der Waals surface area contributed by atoms with Gasteiger partial charge >= 0.3 is 0 Å². The molecule has 1 aromatic heterocycles. The molecule has 3 heterocycles. The number of carbonyl (C=O) groups is 2. The molecule has 26 heavy (non-hydrogen) atoms. The van der Waals surface area contributed by atoms with Crippen LogP contribution in [0.2, 0.25) is 0 Å². The minimum atomic E-state index is -0.143. The highest BCUT2D eigenvalue weighted by atomic mass is 16.5. The van der Waals surface area contributed by atoms with Crippen LogP contribution in [-0.4, -0.2) is 58.4 Å². The van der Waals surface area contributed by atoms with E-state index in [0.29, 0.717) is 38.2 Å². The number of nitrogens with zero attached hydrogens (tertiary/aromatic N) is 3. The molecule has 0 radical (unpaired) electrons. The Kier molecular flexibility index (Phi) is 4.67. The maximum absolute atomic E-state index is 12.8. The molecule has 0 saturated carbocycles. The highest BCUT2D eigenvalue weighted by Crippen LogP contribution is 2.26. The first-order valence-corrected chi connectivity index (χ1v) is 8.86. The first-order valence-electron chi connectivity index (χ1n) is 8.86. The Bertz CT molecular complexity index is 781. The van der Waals surface area contributed by atoms with Gasteiger partial charge in [0.2, 0.25) is 5.91 Å². The predicted molar refractivity (Wildman–Crippen MR) is 95.3 cm³/mol. The zero-order valence-electron chi connectivity index (χ0n) is 14.5. The topological polar surface area (TPSA) is 62.7 Å². The van der Waals surface area contributed by atoms with E-state index in [9.17, 15) is 9.59 Å². The van der Waals surface area contributed by atoms with E-state index in [-0.39, 0.29) is 24.0 Å². The molecule has 0 spiro atoms. The lowest BCUT2D eigenvalue weighted by Gasteiger charge is -2.29. The van der Waals surface area contributed by atoms with Crippen molar-refractivity contribution >= 4 is 11.8 Å². The predicted octanol–water partition coefficient (Wildman–Crippen LogP) is 1.72. The third-order valence-corrected chi connectivity index (χ3v) is 5.02. The minimum Gasteiger partial charge on any atom is -0.374 e. The first kappa shape index (κ1) is 16.7. The number of rotatable bonds is 3. The van der Waals surface area contributed by atoms with E-state index in [1.165, 1.54) is 0 Å². The minimum absolute atomic E-state index is 0.0452. The maximum atomic E-state index is 12.8. The van der Waals surface area contributed by atoms with Gasteiger partial charge in [-0.25, -0.2) is 0 Å². The number of ether oxygens (including phenoxy) is 1. The second-order valence-corrected chi connectivity index (χ2v) is 6.68. The normalized spacial score (nSPS) is 22.8. The van der Waals surface area contributed by atoms with E-state index in [1.807, 2.05) is 35.2 Å². The summed E-state index contributed by atoms with van der Waals surface area (Å²) >= 11 is 0.